The first-order chi connectivity index (χ1) is 9.08. The Labute approximate surface area is 114 Å². The van der Waals surface area contributed by atoms with Gasteiger partial charge in [0.05, 0.1) is 12.0 Å². The molecule has 0 unspecified atom stereocenters. The lowest BCUT2D eigenvalue weighted by molar-refractivity contribution is -0.117. The van der Waals surface area contributed by atoms with Gasteiger partial charge in [-0.3, -0.25) is 9.59 Å². The number of thioether (sulfide) groups is 1. The molecule has 1 aliphatic heterocycles. The molecule has 6 heteroatoms. The number of methoxy groups -OCH3 is 1. The predicted octanol–water partition coefficient (Wildman–Crippen LogP) is 1.80. The van der Waals surface area contributed by atoms with Crippen LogP contribution in [0.5, 0.6) is 5.75 Å². The molecule has 0 spiro atoms. The lowest BCUT2D eigenvalue weighted by Crippen LogP contribution is -2.23. The van der Waals surface area contributed by atoms with Crippen LogP contribution >= 0.6 is 11.8 Å². The van der Waals surface area contributed by atoms with Crippen LogP contribution in [0.4, 0.5) is 0 Å². The first kappa shape index (κ1) is 13.4. The summed E-state index contributed by atoms with van der Waals surface area (Å²) in [5.74, 6) is 0.164. The summed E-state index contributed by atoms with van der Waals surface area (Å²) in [5.41, 5.74) is 0.871. The number of amides is 2. The molecule has 0 aromatic heterocycles. The Morgan fingerprint density at radius 3 is 2.63 bits per heavy atom. The third kappa shape index (κ3) is 3.45. The van der Waals surface area contributed by atoms with Gasteiger partial charge in [-0.05, 0) is 35.5 Å². The summed E-state index contributed by atoms with van der Waals surface area (Å²) in [5, 5.41) is 2.82. The van der Waals surface area contributed by atoms with Crippen LogP contribution in [0.2, 0.25) is 0 Å². The Kier molecular flexibility index (Phi) is 4.01. The minimum absolute atomic E-state index is 0.246. The fourth-order valence-corrected chi connectivity index (χ4v) is 2.32. The molecular formula is C13H12N2O3S. The molecule has 0 atom stereocenters. The minimum Gasteiger partial charge on any atom is -0.497 e. The minimum atomic E-state index is -0.343. The maximum absolute atomic E-state index is 11.6. The van der Waals surface area contributed by atoms with Gasteiger partial charge in [0.25, 0.3) is 5.91 Å². The maximum Gasteiger partial charge on any atom is 0.286 e. The topological polar surface area (TPSA) is 67.8 Å². The molecule has 19 heavy (non-hydrogen) atoms. The summed E-state index contributed by atoms with van der Waals surface area (Å²) >= 11 is 1.15. The second kappa shape index (κ2) is 5.71. The maximum atomic E-state index is 11.6. The van der Waals surface area contributed by atoms with Crippen LogP contribution in [0, 0.1) is 0 Å². The lowest BCUT2D eigenvalue weighted by atomic mass is 10.2. The highest BCUT2D eigenvalue weighted by Crippen LogP contribution is 2.27. The molecule has 1 aromatic carbocycles. The number of nitrogens with one attached hydrogen (secondary N) is 1. The van der Waals surface area contributed by atoms with Crippen molar-refractivity contribution in [3.8, 4) is 5.75 Å². The summed E-state index contributed by atoms with van der Waals surface area (Å²) in [6.07, 6.45) is 1.73. The van der Waals surface area contributed by atoms with E-state index in [1.807, 2.05) is 24.3 Å². The van der Waals surface area contributed by atoms with E-state index in [-0.39, 0.29) is 11.8 Å². The van der Waals surface area contributed by atoms with Crippen molar-refractivity contribution in [2.75, 3.05) is 7.11 Å². The summed E-state index contributed by atoms with van der Waals surface area (Å²) < 4.78 is 5.06. The van der Waals surface area contributed by atoms with E-state index in [1.165, 1.54) is 6.92 Å². The average molecular weight is 276 g/mol. The first-order valence-corrected chi connectivity index (χ1v) is 6.34. The predicted molar refractivity (Wildman–Crippen MR) is 74.8 cm³/mol. The Morgan fingerprint density at radius 1 is 1.37 bits per heavy atom. The molecule has 0 fully saturated rings. The molecule has 98 valence electrons. The van der Waals surface area contributed by atoms with Crippen molar-refractivity contribution in [1.82, 2.24) is 5.32 Å². The zero-order valence-corrected chi connectivity index (χ0v) is 11.3. The number of rotatable bonds is 2. The highest BCUT2D eigenvalue weighted by atomic mass is 32.2. The van der Waals surface area contributed by atoms with E-state index >= 15 is 0 Å². The molecule has 2 rings (SSSR count). The fourth-order valence-electron chi connectivity index (χ4n) is 1.46. The molecule has 0 radical (unpaired) electrons. The normalized spacial score (nSPS) is 16.4. The Morgan fingerprint density at radius 2 is 2.05 bits per heavy atom. The number of hydrogen-bond donors (Lipinski definition) is 1. The van der Waals surface area contributed by atoms with Crippen molar-refractivity contribution in [2.24, 2.45) is 4.99 Å². The monoisotopic (exact) mass is 276 g/mol. The van der Waals surface area contributed by atoms with Gasteiger partial charge in [-0.15, -0.1) is 0 Å². The number of carbonyl (C=O) groups excluding carboxylic acids is 2. The second-order valence-electron chi connectivity index (χ2n) is 3.79. The lowest BCUT2D eigenvalue weighted by Gasteiger charge is -2.00. The van der Waals surface area contributed by atoms with E-state index in [9.17, 15) is 9.59 Å². The van der Waals surface area contributed by atoms with E-state index in [1.54, 1.807) is 13.2 Å². The molecule has 0 saturated carbocycles. The van der Waals surface area contributed by atoms with Gasteiger partial charge < -0.3 is 10.1 Å². The van der Waals surface area contributed by atoms with Crippen LogP contribution in [-0.2, 0) is 9.59 Å². The van der Waals surface area contributed by atoms with Crippen molar-refractivity contribution in [1.29, 1.82) is 0 Å². The molecule has 1 aliphatic rings. The van der Waals surface area contributed by atoms with Gasteiger partial charge >= 0.3 is 0 Å². The van der Waals surface area contributed by atoms with Gasteiger partial charge in [-0.2, -0.15) is 4.99 Å². The van der Waals surface area contributed by atoms with Crippen molar-refractivity contribution in [2.45, 2.75) is 6.92 Å². The van der Waals surface area contributed by atoms with Crippen molar-refractivity contribution in [3.05, 3.63) is 34.7 Å². The van der Waals surface area contributed by atoms with E-state index in [2.05, 4.69) is 10.3 Å². The van der Waals surface area contributed by atoms with Crippen LogP contribution < -0.4 is 10.1 Å². The van der Waals surface area contributed by atoms with Crippen LogP contribution in [0.1, 0.15) is 12.5 Å². The van der Waals surface area contributed by atoms with E-state index < -0.39 is 0 Å². The first-order valence-electron chi connectivity index (χ1n) is 5.52. The Hall–Kier alpha value is -2.08. The van der Waals surface area contributed by atoms with Crippen LogP contribution in [0.15, 0.2) is 34.2 Å². The van der Waals surface area contributed by atoms with Crippen molar-refractivity contribution >= 4 is 34.8 Å². The number of nitrogens with zero attached hydrogens (tertiary/aromatic N) is 1. The van der Waals surface area contributed by atoms with Crippen LogP contribution in [0.3, 0.4) is 0 Å². The largest absolute Gasteiger partial charge is 0.497 e. The summed E-state index contributed by atoms with van der Waals surface area (Å²) in [6, 6.07) is 7.31. The second-order valence-corrected chi connectivity index (χ2v) is 4.82. The molecular weight excluding hydrogens is 264 g/mol. The number of carbonyl (C=O) groups is 2. The van der Waals surface area contributed by atoms with Crippen LogP contribution in [-0.4, -0.2) is 24.1 Å². The van der Waals surface area contributed by atoms with Crippen molar-refractivity contribution < 1.29 is 14.3 Å². The third-order valence-corrected chi connectivity index (χ3v) is 3.22. The zero-order chi connectivity index (χ0) is 13.8. The number of amidine groups is 1. The van der Waals surface area contributed by atoms with Gasteiger partial charge in [0.2, 0.25) is 5.91 Å². The standard InChI is InChI=1S/C13H12N2O3S/c1-8(16)14-13-15-12(17)11(19-13)7-9-3-5-10(18-2)6-4-9/h3-7H,1-2H3,(H,14,15,16,17)/b11-7-. The highest BCUT2D eigenvalue weighted by molar-refractivity contribution is 8.18. The molecule has 2 amide bonds. The average Bonchev–Trinajstić information content (AvgIpc) is 2.69. The summed E-state index contributed by atoms with van der Waals surface area (Å²) in [7, 11) is 1.59. The molecule has 0 bridgehead atoms. The molecule has 1 aromatic rings. The fraction of sp³-hybridized carbons (Fsp3) is 0.154. The quantitative estimate of drug-likeness (QED) is 0.836. The highest BCUT2D eigenvalue weighted by Gasteiger charge is 2.22. The van der Waals surface area contributed by atoms with Gasteiger partial charge in [0.15, 0.2) is 5.17 Å². The van der Waals surface area contributed by atoms with Gasteiger partial charge in [-0.25, -0.2) is 0 Å². The Bertz CT molecular complexity index is 576. The van der Waals surface area contributed by atoms with E-state index in [4.69, 9.17) is 4.74 Å². The smallest absolute Gasteiger partial charge is 0.286 e. The number of aliphatic imine (C=N–C) groups is 1. The molecule has 1 heterocycles. The van der Waals surface area contributed by atoms with E-state index in [0.29, 0.717) is 10.1 Å². The zero-order valence-electron chi connectivity index (χ0n) is 10.5. The third-order valence-electron chi connectivity index (χ3n) is 2.32. The number of hydrogen-bond acceptors (Lipinski definition) is 4. The van der Waals surface area contributed by atoms with Gasteiger partial charge in [0.1, 0.15) is 5.75 Å². The van der Waals surface area contributed by atoms with Gasteiger partial charge in [0, 0.05) is 6.92 Å². The van der Waals surface area contributed by atoms with Gasteiger partial charge in [-0.1, -0.05) is 12.1 Å². The Balaban J connectivity index is 2.12. The molecule has 5 nitrogen and oxygen atoms in total. The number of benzene rings is 1. The van der Waals surface area contributed by atoms with Crippen LogP contribution in [0.25, 0.3) is 6.08 Å². The van der Waals surface area contributed by atoms with E-state index in [0.717, 1.165) is 23.1 Å². The molecule has 0 saturated heterocycles. The molecule has 1 N–H and O–H groups in total. The summed E-state index contributed by atoms with van der Waals surface area (Å²) in [6.45, 7) is 1.37. The number of ether oxygens (including phenoxy) is 1. The van der Waals surface area contributed by atoms with Crippen molar-refractivity contribution in [3.63, 3.8) is 0 Å². The molecule has 0 aliphatic carbocycles. The SMILES string of the molecule is COc1ccc(/C=C2\SC(NC(C)=O)=NC2=O)cc1. The summed E-state index contributed by atoms with van der Waals surface area (Å²) in [4.78, 5) is 26.8.